The molecule has 3 aliphatic heterocycles. The maximum absolute atomic E-state index is 14.9. The summed E-state index contributed by atoms with van der Waals surface area (Å²) >= 11 is 1.81. The molecule has 0 bridgehead atoms. The first-order chi connectivity index (χ1) is 34.9. The average Bonchev–Trinajstić information content (AvgIpc) is 3.86. The molecule has 0 spiro atoms. The SMILES string of the molecule is CO[C@H](c1ccc(-c2cnccn2)cc1)[C@@H](CF)n1cc(CCN(C)[C@H]2C[C@@H](C)O[C@@H](O[C@@H]3[C@@H](C)C([C@H]4C[C@@](C)(OC)[C@@H](O)[C@H](C)O4)[C@@H](C)C(=O)O[C@H](I)[C@@](C)(O)[C@H](O)[C@@H](C)C(=N)[C@H](C)C[C@@]3(C)OC)[C@@H]2O)nn1. The Morgan fingerprint density at radius 1 is 0.959 bits per heavy atom. The van der Waals surface area contributed by atoms with E-state index in [2.05, 4.69) is 20.3 Å². The van der Waals surface area contributed by atoms with Gasteiger partial charge in [-0.15, -0.1) is 5.10 Å². The van der Waals surface area contributed by atoms with Gasteiger partial charge in [-0.25, -0.2) is 9.07 Å². The minimum absolute atomic E-state index is 0.145. The zero-order chi connectivity index (χ0) is 54.6. The summed E-state index contributed by atoms with van der Waals surface area (Å²) in [7, 11) is 6.51. The molecule has 74 heavy (non-hydrogen) atoms. The molecule has 414 valence electrons. The van der Waals surface area contributed by atoms with Gasteiger partial charge in [0.05, 0.1) is 65.2 Å². The number of hydrogen-bond acceptors (Lipinski definition) is 18. The topological polar surface area (TPSA) is 246 Å². The van der Waals surface area contributed by atoms with Crippen molar-refractivity contribution in [3.8, 4) is 11.3 Å². The Morgan fingerprint density at radius 2 is 1.64 bits per heavy atom. The van der Waals surface area contributed by atoms with Crippen LogP contribution < -0.4 is 0 Å². The second kappa shape index (κ2) is 25.1. The Labute approximate surface area is 449 Å². The van der Waals surface area contributed by atoms with Gasteiger partial charge in [-0.2, -0.15) is 0 Å². The predicted molar refractivity (Wildman–Crippen MR) is 281 cm³/mol. The smallest absolute Gasteiger partial charge is 0.310 e. The summed E-state index contributed by atoms with van der Waals surface area (Å²) in [6, 6.07) is 6.27. The largest absolute Gasteiger partial charge is 0.448 e. The normalized spacial score (nSPS) is 38.8. The number of rotatable bonds is 15. The molecule has 0 aliphatic carbocycles. The van der Waals surface area contributed by atoms with Crippen molar-refractivity contribution in [1.29, 1.82) is 5.41 Å². The standard InChI is InChI=1S/C53H81FIN7O12/c1-28-23-52(8,70-13)47(30(3)41(40-24-51(7,69-12)46(65)33(6)72-40)31(4)48(66)74-50(55)53(9,67)45(64)32(5)42(28)56)73-49-43(63)38(22-29(2)71-49)61(10)21-18-36-27-62(60-59-36)39(25-54)44(68-11)35-16-14-34(15-17-35)37-26-57-19-20-58-37/h14-17,19-20,26-33,38-41,43-47,49-50,56,63-65,67H,18,21-25H2,1-13H3/t28-,29-,30+,31-,32+,33+,38+,39-,40-,41?,43-,44-,45-,46+,47-,49+,50+,51-,52-,53+/m1/s1. The van der Waals surface area contributed by atoms with Crippen LogP contribution in [0.3, 0.4) is 0 Å². The number of carbonyl (C=O) groups is 1. The van der Waals surface area contributed by atoms with Gasteiger partial charge in [0.1, 0.15) is 36.6 Å². The minimum Gasteiger partial charge on any atom is -0.448 e. The van der Waals surface area contributed by atoms with Crippen molar-refractivity contribution >= 4 is 34.3 Å². The highest BCUT2D eigenvalue weighted by Gasteiger charge is 2.56. The van der Waals surface area contributed by atoms with Crippen LogP contribution in [-0.4, -0.2) is 180 Å². The van der Waals surface area contributed by atoms with Crippen molar-refractivity contribution in [3.63, 3.8) is 0 Å². The number of aromatic nitrogens is 5. The number of nitrogens with one attached hydrogen (secondary N) is 1. The third-order valence-electron chi connectivity index (χ3n) is 16.5. The van der Waals surface area contributed by atoms with Crippen LogP contribution in [0.4, 0.5) is 4.39 Å². The molecule has 0 saturated carbocycles. The Balaban J connectivity index is 1.27. The lowest BCUT2D eigenvalue weighted by Gasteiger charge is -2.52. The molecule has 6 rings (SSSR count). The number of hydrogen-bond donors (Lipinski definition) is 5. The number of ether oxygens (including phenoxy) is 7. The molecule has 3 aromatic rings. The first-order valence-corrected chi connectivity index (χ1v) is 26.9. The van der Waals surface area contributed by atoms with E-state index in [1.54, 1.807) is 59.6 Å². The van der Waals surface area contributed by atoms with Crippen molar-refractivity contribution in [3.05, 3.63) is 60.3 Å². The van der Waals surface area contributed by atoms with Crippen LogP contribution in [0.1, 0.15) is 105 Å². The third-order valence-corrected chi connectivity index (χ3v) is 18.0. The molecule has 2 aromatic heterocycles. The van der Waals surface area contributed by atoms with E-state index in [1.807, 2.05) is 86.5 Å². The van der Waals surface area contributed by atoms with Crippen LogP contribution in [0, 0.1) is 35.0 Å². The van der Waals surface area contributed by atoms with Crippen molar-refractivity contribution in [2.75, 3.05) is 41.6 Å². The average molecular weight is 1150 g/mol. The van der Waals surface area contributed by atoms with Gasteiger partial charge in [0.15, 0.2) is 10.4 Å². The number of nitrogens with zero attached hydrogens (tertiary/aromatic N) is 6. The number of alkyl halides is 2. The first kappa shape index (κ1) is 60.0. The van der Waals surface area contributed by atoms with Crippen molar-refractivity contribution in [2.24, 2.45) is 29.6 Å². The van der Waals surface area contributed by atoms with Gasteiger partial charge in [0, 0.05) is 88.5 Å². The summed E-state index contributed by atoms with van der Waals surface area (Å²) in [6.07, 6.45) is -0.438. The number of benzene rings is 1. The molecule has 19 nitrogen and oxygen atoms in total. The van der Waals surface area contributed by atoms with Crippen LogP contribution >= 0.6 is 22.6 Å². The molecule has 3 saturated heterocycles. The molecular weight excluding hydrogens is 1070 g/mol. The quantitative estimate of drug-likeness (QED) is 0.0695. The first-order valence-electron chi connectivity index (χ1n) is 25.7. The number of aliphatic hydroxyl groups excluding tert-OH is 3. The summed E-state index contributed by atoms with van der Waals surface area (Å²) < 4.78 is 59.7. The Kier molecular flexibility index (Phi) is 20.3. The Morgan fingerprint density at radius 3 is 2.24 bits per heavy atom. The number of likely N-dealkylation sites (N-methyl/N-ethyl adjacent to an activating group) is 1. The van der Waals surface area contributed by atoms with Crippen molar-refractivity contribution in [1.82, 2.24) is 29.9 Å². The molecule has 3 aliphatic rings. The van der Waals surface area contributed by atoms with Crippen molar-refractivity contribution in [2.45, 2.75) is 176 Å². The molecule has 5 N–H and O–H groups in total. The van der Waals surface area contributed by atoms with E-state index in [1.165, 1.54) is 25.8 Å². The molecule has 0 amide bonds. The van der Waals surface area contributed by atoms with Crippen LogP contribution in [0.5, 0.6) is 0 Å². The lowest BCUT2D eigenvalue weighted by atomic mass is 9.68. The molecular formula is C53H81FIN7O12. The minimum atomic E-state index is -1.94. The van der Waals surface area contributed by atoms with Gasteiger partial charge in [-0.1, -0.05) is 57.2 Å². The fourth-order valence-electron chi connectivity index (χ4n) is 11.6. The lowest BCUT2D eigenvalue weighted by molar-refractivity contribution is -0.304. The Bertz CT molecular complexity index is 2290. The highest BCUT2D eigenvalue weighted by molar-refractivity contribution is 14.1. The van der Waals surface area contributed by atoms with E-state index in [-0.39, 0.29) is 24.7 Å². The number of carbonyl (C=O) groups excluding carboxylic acids is 1. The molecule has 3 fully saturated rings. The zero-order valence-corrected chi connectivity index (χ0v) is 47.3. The van der Waals surface area contributed by atoms with E-state index >= 15 is 0 Å². The van der Waals surface area contributed by atoms with Crippen LogP contribution in [0.25, 0.3) is 11.3 Å². The highest BCUT2D eigenvalue weighted by Crippen LogP contribution is 2.46. The maximum Gasteiger partial charge on any atom is 0.310 e. The summed E-state index contributed by atoms with van der Waals surface area (Å²) in [5.74, 6) is -4.34. The van der Waals surface area contributed by atoms with Gasteiger partial charge in [-0.3, -0.25) is 14.8 Å². The van der Waals surface area contributed by atoms with E-state index < -0.39 is 124 Å². The van der Waals surface area contributed by atoms with Crippen LogP contribution in [-0.2, 0) is 44.4 Å². The Hall–Kier alpha value is -3.20. The molecule has 1 unspecified atom stereocenters. The lowest BCUT2D eigenvalue weighted by Crippen LogP contribution is -2.62. The fourth-order valence-corrected chi connectivity index (χ4v) is 12.3. The molecule has 1 aromatic carbocycles. The molecule has 20 atom stereocenters. The van der Waals surface area contributed by atoms with Crippen LogP contribution in [0.2, 0.25) is 0 Å². The summed E-state index contributed by atoms with van der Waals surface area (Å²) in [5.41, 5.74) is -1.15. The highest BCUT2D eigenvalue weighted by atomic mass is 127. The summed E-state index contributed by atoms with van der Waals surface area (Å²) in [6.45, 7) is 15.6. The van der Waals surface area contributed by atoms with Gasteiger partial charge in [0.25, 0.3) is 0 Å². The second-order valence-electron chi connectivity index (χ2n) is 21.7. The monoisotopic (exact) mass is 1150 g/mol. The number of methoxy groups -OCH3 is 3. The van der Waals surface area contributed by atoms with Gasteiger partial charge < -0.3 is 63.9 Å². The predicted octanol–water partition coefficient (Wildman–Crippen LogP) is 5.71. The van der Waals surface area contributed by atoms with E-state index in [0.717, 1.165) is 11.1 Å². The van der Waals surface area contributed by atoms with E-state index in [4.69, 9.17) is 33.2 Å². The van der Waals surface area contributed by atoms with E-state index in [0.29, 0.717) is 30.8 Å². The van der Waals surface area contributed by atoms with E-state index in [9.17, 15) is 35.0 Å². The molecule has 5 heterocycles. The molecule has 21 heteroatoms. The second-order valence-corrected chi connectivity index (χ2v) is 22.9. The maximum atomic E-state index is 14.9. The van der Waals surface area contributed by atoms with Gasteiger partial charge >= 0.3 is 5.97 Å². The van der Waals surface area contributed by atoms with Crippen LogP contribution in [0.15, 0.2) is 49.1 Å². The number of esters is 1. The van der Waals surface area contributed by atoms with Gasteiger partial charge in [0.2, 0.25) is 0 Å². The number of halogens is 2. The summed E-state index contributed by atoms with van der Waals surface area (Å²) in [4.78, 5) is 25.0. The number of aliphatic hydroxyl groups is 4. The molecule has 0 radical (unpaired) electrons. The van der Waals surface area contributed by atoms with Crippen molar-refractivity contribution < 1.29 is 62.8 Å². The zero-order valence-electron chi connectivity index (χ0n) is 45.2. The van der Waals surface area contributed by atoms with Gasteiger partial charge in [-0.05, 0) is 94.5 Å². The number of cyclic esters (lactones) is 1. The fraction of sp³-hybridized carbons (Fsp3) is 0.736. The third kappa shape index (κ3) is 12.9. The summed E-state index contributed by atoms with van der Waals surface area (Å²) in [5, 5.41) is 65.1.